The van der Waals surface area contributed by atoms with Crippen LogP contribution in [0.5, 0.6) is 0 Å². The van der Waals surface area contributed by atoms with Crippen molar-refractivity contribution in [3.05, 3.63) is 69.8 Å². The SMILES string of the molecule is O=C(O)c1[nH][nH]c(=O)c1C1(S(=O)(=O)O)C=CC(N=Nc2ccc(S(=O)(=O)O)cc2)=CC1. The first-order valence-corrected chi connectivity index (χ1v) is 11.1. The van der Waals surface area contributed by atoms with Gasteiger partial charge in [0, 0.05) is 0 Å². The van der Waals surface area contributed by atoms with E-state index in [0.29, 0.717) is 0 Å². The summed E-state index contributed by atoms with van der Waals surface area (Å²) >= 11 is 0. The summed E-state index contributed by atoms with van der Waals surface area (Å²) in [6.45, 7) is 0. The van der Waals surface area contributed by atoms with Crippen LogP contribution in [0.1, 0.15) is 22.5 Å². The van der Waals surface area contributed by atoms with Gasteiger partial charge >= 0.3 is 5.97 Å². The van der Waals surface area contributed by atoms with Crippen molar-refractivity contribution in [1.82, 2.24) is 10.2 Å². The molecule has 0 fully saturated rings. The van der Waals surface area contributed by atoms with Gasteiger partial charge in [-0.15, -0.1) is 0 Å². The second-order valence-corrected chi connectivity index (χ2v) is 9.43. The largest absolute Gasteiger partial charge is 0.477 e. The third kappa shape index (κ3) is 4.24. The number of rotatable bonds is 6. The Balaban J connectivity index is 1.93. The van der Waals surface area contributed by atoms with E-state index in [0.717, 1.165) is 24.3 Å². The molecule has 1 aliphatic rings. The molecule has 2 aromatic rings. The summed E-state index contributed by atoms with van der Waals surface area (Å²) in [7, 11) is -9.35. The Morgan fingerprint density at radius 2 is 1.68 bits per heavy atom. The van der Waals surface area contributed by atoms with Crippen molar-refractivity contribution >= 4 is 31.9 Å². The predicted molar refractivity (Wildman–Crippen MR) is 104 cm³/mol. The summed E-state index contributed by atoms with van der Waals surface area (Å²) in [6.07, 6.45) is 2.77. The maximum absolute atomic E-state index is 12.1. The molecule has 1 aromatic carbocycles. The molecule has 0 radical (unpaired) electrons. The molecule has 3 rings (SSSR count). The highest BCUT2D eigenvalue weighted by molar-refractivity contribution is 7.87. The second kappa shape index (κ2) is 7.69. The van der Waals surface area contributed by atoms with E-state index in [1.807, 2.05) is 5.10 Å². The number of aromatic carboxylic acids is 1. The molecule has 0 bridgehead atoms. The van der Waals surface area contributed by atoms with Crippen LogP contribution in [0.3, 0.4) is 0 Å². The Bertz CT molecular complexity index is 1400. The summed E-state index contributed by atoms with van der Waals surface area (Å²) in [5.41, 5.74) is -2.10. The van der Waals surface area contributed by atoms with Gasteiger partial charge in [0.05, 0.1) is 21.8 Å². The molecule has 13 nitrogen and oxygen atoms in total. The molecule has 0 spiro atoms. The summed E-state index contributed by atoms with van der Waals surface area (Å²) < 4.78 is 62.7. The summed E-state index contributed by atoms with van der Waals surface area (Å²) in [5.74, 6) is -1.60. The van der Waals surface area contributed by atoms with Crippen molar-refractivity contribution < 1.29 is 35.8 Å². The predicted octanol–water partition coefficient (Wildman–Crippen LogP) is 1.36. The zero-order valence-electron chi connectivity index (χ0n) is 15.3. The molecule has 1 atom stereocenters. The molecular formula is C16H14N4O9S2. The quantitative estimate of drug-likeness (QED) is 0.303. The molecule has 31 heavy (non-hydrogen) atoms. The number of nitrogens with one attached hydrogen (secondary N) is 2. The normalized spacial score (nSPS) is 19.5. The molecule has 164 valence electrons. The molecule has 5 N–H and O–H groups in total. The number of carbonyl (C=O) groups is 1. The van der Waals surface area contributed by atoms with Crippen molar-refractivity contribution in [2.45, 2.75) is 16.1 Å². The van der Waals surface area contributed by atoms with E-state index >= 15 is 0 Å². The van der Waals surface area contributed by atoms with Crippen LogP contribution >= 0.6 is 0 Å². The first-order valence-electron chi connectivity index (χ1n) is 8.25. The Morgan fingerprint density at radius 3 is 2.16 bits per heavy atom. The van der Waals surface area contributed by atoms with Gasteiger partial charge in [0.15, 0.2) is 10.4 Å². The van der Waals surface area contributed by atoms with Gasteiger partial charge in [-0.25, -0.2) is 4.79 Å². The molecule has 1 heterocycles. The minimum atomic E-state index is -4.99. The fourth-order valence-electron chi connectivity index (χ4n) is 2.91. The van der Waals surface area contributed by atoms with Crippen molar-refractivity contribution in [3.63, 3.8) is 0 Å². The molecule has 0 saturated heterocycles. The molecule has 1 unspecified atom stereocenters. The van der Waals surface area contributed by atoms with Crippen LogP contribution in [-0.2, 0) is 25.0 Å². The number of azo groups is 1. The number of carboxylic acids is 1. The summed E-state index contributed by atoms with van der Waals surface area (Å²) in [4.78, 5) is 23.1. The van der Waals surface area contributed by atoms with E-state index in [1.54, 1.807) is 0 Å². The number of aromatic amines is 2. The second-order valence-electron chi connectivity index (χ2n) is 6.33. The number of hydrogen-bond donors (Lipinski definition) is 5. The van der Waals surface area contributed by atoms with E-state index in [4.69, 9.17) is 4.55 Å². The van der Waals surface area contributed by atoms with Gasteiger partial charge in [-0.1, -0.05) is 12.2 Å². The zero-order valence-corrected chi connectivity index (χ0v) is 16.9. The first kappa shape index (κ1) is 22.3. The molecule has 0 amide bonds. The molecule has 0 aliphatic heterocycles. The van der Waals surface area contributed by atoms with Gasteiger partial charge in [0.2, 0.25) is 0 Å². The van der Waals surface area contributed by atoms with Crippen molar-refractivity contribution in [2.24, 2.45) is 10.2 Å². The standard InChI is InChI=1S/C16H14N4O9S2/c21-14-12(13(15(22)23)19-20-14)16(31(27,28)29)7-5-10(6-8-16)18-17-9-1-3-11(4-2-9)30(24,25)26/h1-7H,8H2,(H,22,23)(H2,19,20,21)(H,24,25,26)(H,27,28,29). The molecule has 1 aromatic heterocycles. The van der Waals surface area contributed by atoms with E-state index in [2.05, 4.69) is 15.3 Å². The highest BCUT2D eigenvalue weighted by atomic mass is 32.2. The van der Waals surface area contributed by atoms with E-state index in [1.165, 1.54) is 18.2 Å². The maximum atomic E-state index is 12.1. The monoisotopic (exact) mass is 470 g/mol. The number of aromatic nitrogens is 2. The van der Waals surface area contributed by atoms with Crippen LogP contribution in [0.25, 0.3) is 0 Å². The molecule has 0 saturated carbocycles. The third-order valence-electron chi connectivity index (χ3n) is 4.43. The fourth-order valence-corrected chi connectivity index (χ4v) is 4.38. The van der Waals surface area contributed by atoms with Crippen LogP contribution < -0.4 is 5.56 Å². The smallest absolute Gasteiger partial charge is 0.354 e. The van der Waals surface area contributed by atoms with E-state index in [9.17, 15) is 36.1 Å². The lowest BCUT2D eigenvalue weighted by molar-refractivity contribution is 0.0688. The summed E-state index contributed by atoms with van der Waals surface area (Å²) in [6, 6.07) is 4.73. The molecule has 15 heteroatoms. The fraction of sp³-hybridized carbons (Fsp3) is 0.125. The Kier molecular flexibility index (Phi) is 5.53. The molecular weight excluding hydrogens is 456 g/mol. The van der Waals surface area contributed by atoms with Crippen molar-refractivity contribution in [3.8, 4) is 0 Å². The maximum Gasteiger partial charge on any atom is 0.354 e. The van der Waals surface area contributed by atoms with E-state index < -0.39 is 54.2 Å². The average Bonchev–Trinajstić information content (AvgIpc) is 3.08. The van der Waals surface area contributed by atoms with Crippen LogP contribution in [0.2, 0.25) is 0 Å². The Hall–Kier alpha value is -3.40. The van der Waals surface area contributed by atoms with Crippen molar-refractivity contribution in [2.75, 3.05) is 0 Å². The average molecular weight is 470 g/mol. The first-order chi connectivity index (χ1) is 14.3. The number of allylic oxidation sites excluding steroid dienone is 2. The van der Waals surface area contributed by atoms with Gasteiger partial charge < -0.3 is 5.11 Å². The number of hydrogen-bond acceptors (Lipinski definition) is 8. The lowest BCUT2D eigenvalue weighted by atomic mass is 9.90. The highest BCUT2D eigenvalue weighted by Gasteiger charge is 2.48. The van der Waals surface area contributed by atoms with Crippen LogP contribution in [0.15, 0.2) is 68.1 Å². The van der Waals surface area contributed by atoms with Gasteiger partial charge in [-0.05, 0) is 36.8 Å². The molecule has 1 aliphatic carbocycles. The number of H-pyrrole nitrogens is 2. The van der Waals surface area contributed by atoms with Gasteiger partial charge in [0.25, 0.3) is 25.8 Å². The van der Waals surface area contributed by atoms with Crippen LogP contribution in [0.4, 0.5) is 5.69 Å². The van der Waals surface area contributed by atoms with Crippen LogP contribution in [-0.4, -0.2) is 47.2 Å². The third-order valence-corrected chi connectivity index (χ3v) is 6.72. The Labute approximate surface area is 174 Å². The highest BCUT2D eigenvalue weighted by Crippen LogP contribution is 2.38. The van der Waals surface area contributed by atoms with Crippen molar-refractivity contribution in [1.29, 1.82) is 0 Å². The summed E-state index contributed by atoms with van der Waals surface area (Å²) in [5, 5.41) is 21.0. The van der Waals surface area contributed by atoms with Gasteiger partial charge in [-0.3, -0.25) is 24.1 Å². The van der Waals surface area contributed by atoms with Gasteiger partial charge in [-0.2, -0.15) is 27.1 Å². The zero-order chi connectivity index (χ0) is 23.0. The number of benzene rings is 1. The topological polar surface area (TPSA) is 219 Å². The van der Waals surface area contributed by atoms with Crippen LogP contribution in [0, 0.1) is 0 Å². The van der Waals surface area contributed by atoms with E-state index in [-0.39, 0.29) is 16.3 Å². The minimum absolute atomic E-state index is 0.127. The Morgan fingerprint density at radius 1 is 1.03 bits per heavy atom. The minimum Gasteiger partial charge on any atom is -0.477 e. The van der Waals surface area contributed by atoms with Gasteiger partial charge in [0.1, 0.15) is 0 Å². The lowest BCUT2D eigenvalue weighted by Crippen LogP contribution is -2.39. The number of nitrogens with zero attached hydrogens (tertiary/aromatic N) is 2. The lowest BCUT2D eigenvalue weighted by Gasteiger charge is -2.27. The number of carboxylic acid groups (broad SMARTS) is 1.